The Hall–Kier alpha value is -5.02. The molecule has 6 aromatic rings. The average Bonchev–Trinajstić information content (AvgIpc) is 3.72. The number of imidazole rings is 2. The van der Waals surface area contributed by atoms with Crippen LogP contribution in [0.2, 0.25) is 0 Å². The van der Waals surface area contributed by atoms with Crippen molar-refractivity contribution in [3.05, 3.63) is 95.3 Å². The summed E-state index contributed by atoms with van der Waals surface area (Å²) in [6.07, 6.45) is 7.65. The van der Waals surface area contributed by atoms with E-state index in [-0.39, 0.29) is 17.4 Å². The van der Waals surface area contributed by atoms with Crippen LogP contribution in [0.25, 0.3) is 50.1 Å². The standard InChI is InChI=1S/C34H31N7O2/c1-20(42)22-5-4-6-23(15-22)24-16-25-28(17-30(24)41-14-11-35-19-41)39-34(43)31(33-37-26-7-2-3-8-27(26)38-33)32(25)36-29-18-40-12-9-21(29)10-13-40/h2-8,11,14-17,19,21,29H,9-10,12-13,18H2,1H3,(H,37,38)(H2,36,39,43)/t29-/m0/s1. The zero-order valence-electron chi connectivity index (χ0n) is 23.8. The van der Waals surface area contributed by atoms with Crippen molar-refractivity contribution in [1.82, 2.24) is 29.4 Å². The van der Waals surface area contributed by atoms with Gasteiger partial charge in [-0.2, -0.15) is 0 Å². The van der Waals surface area contributed by atoms with E-state index in [1.165, 1.54) is 0 Å². The van der Waals surface area contributed by atoms with Crippen molar-refractivity contribution in [1.29, 1.82) is 0 Å². The molecule has 9 rings (SSSR count). The molecule has 3 aliphatic heterocycles. The van der Waals surface area contributed by atoms with Gasteiger partial charge < -0.3 is 24.8 Å². The van der Waals surface area contributed by atoms with Crippen molar-refractivity contribution in [2.45, 2.75) is 25.8 Å². The summed E-state index contributed by atoms with van der Waals surface area (Å²) in [5, 5.41) is 4.76. The van der Waals surface area contributed by atoms with E-state index in [0.29, 0.717) is 28.4 Å². The van der Waals surface area contributed by atoms with Crippen LogP contribution in [-0.2, 0) is 0 Å². The van der Waals surface area contributed by atoms with Gasteiger partial charge in [0.2, 0.25) is 0 Å². The number of carbonyl (C=O) groups is 1. The van der Waals surface area contributed by atoms with Gasteiger partial charge in [-0.15, -0.1) is 0 Å². The fourth-order valence-electron chi connectivity index (χ4n) is 6.84. The molecule has 9 heteroatoms. The third kappa shape index (κ3) is 4.44. The lowest BCUT2D eigenvalue weighted by Crippen LogP contribution is -2.53. The van der Waals surface area contributed by atoms with Crippen molar-refractivity contribution in [2.24, 2.45) is 5.92 Å². The van der Waals surface area contributed by atoms with Crippen LogP contribution in [-0.4, -0.2) is 60.9 Å². The van der Waals surface area contributed by atoms with E-state index in [0.717, 1.165) is 71.4 Å². The highest BCUT2D eigenvalue weighted by Crippen LogP contribution is 2.39. The Morgan fingerprint density at radius 2 is 1.86 bits per heavy atom. The Morgan fingerprint density at radius 3 is 2.60 bits per heavy atom. The van der Waals surface area contributed by atoms with Crippen LogP contribution in [0.4, 0.5) is 5.69 Å². The first-order valence-corrected chi connectivity index (χ1v) is 14.8. The number of H-pyrrole nitrogens is 2. The number of aromatic nitrogens is 5. The number of Topliss-reactive ketones (excluding diaryl/α,β-unsaturated/α-hetero) is 1. The quantitative estimate of drug-likeness (QED) is 0.224. The van der Waals surface area contributed by atoms with Crippen LogP contribution < -0.4 is 10.9 Å². The fraction of sp³-hybridized carbons (Fsp3) is 0.235. The second-order valence-electron chi connectivity index (χ2n) is 11.7. The van der Waals surface area contributed by atoms with Gasteiger partial charge in [-0.05, 0) is 74.7 Å². The summed E-state index contributed by atoms with van der Waals surface area (Å²) in [5.41, 5.74) is 6.79. The number of ketones is 1. The van der Waals surface area contributed by atoms with Crippen LogP contribution in [0.1, 0.15) is 30.1 Å². The minimum Gasteiger partial charge on any atom is -0.379 e. The Morgan fingerprint density at radius 1 is 1.00 bits per heavy atom. The normalized spacial score (nSPS) is 19.7. The molecular formula is C34H31N7O2. The maximum atomic E-state index is 14.0. The van der Waals surface area contributed by atoms with Crippen molar-refractivity contribution in [3.8, 4) is 28.2 Å². The lowest BCUT2D eigenvalue weighted by atomic mass is 9.83. The molecule has 3 fully saturated rings. The van der Waals surface area contributed by atoms with Gasteiger partial charge in [0.25, 0.3) is 5.56 Å². The number of hydrogen-bond donors (Lipinski definition) is 3. The molecule has 0 radical (unpaired) electrons. The second-order valence-corrected chi connectivity index (χ2v) is 11.7. The molecule has 43 heavy (non-hydrogen) atoms. The van der Waals surface area contributed by atoms with Gasteiger partial charge in [-0.1, -0.05) is 30.3 Å². The Bertz CT molecular complexity index is 2030. The summed E-state index contributed by atoms with van der Waals surface area (Å²) in [5.74, 6) is 1.08. The van der Waals surface area contributed by atoms with Crippen LogP contribution >= 0.6 is 0 Å². The first-order valence-electron chi connectivity index (χ1n) is 14.8. The first kappa shape index (κ1) is 25.7. The van der Waals surface area contributed by atoms with E-state index < -0.39 is 0 Å². The van der Waals surface area contributed by atoms with Crippen LogP contribution in [0.5, 0.6) is 0 Å². The molecule has 3 aromatic carbocycles. The van der Waals surface area contributed by atoms with Gasteiger partial charge in [-0.25, -0.2) is 9.97 Å². The van der Waals surface area contributed by atoms with E-state index in [9.17, 15) is 9.59 Å². The number of fused-ring (bicyclic) bond motifs is 5. The highest BCUT2D eigenvalue weighted by Gasteiger charge is 2.35. The number of nitrogens with one attached hydrogen (secondary N) is 3. The van der Waals surface area contributed by atoms with E-state index in [1.54, 1.807) is 19.4 Å². The smallest absolute Gasteiger partial charge is 0.261 e. The zero-order chi connectivity index (χ0) is 29.1. The molecule has 0 spiro atoms. The SMILES string of the molecule is CC(=O)c1cccc(-c2cc3c(N[C@H]4CN5CCC4CC5)c(-c4nc5ccccc5[nH]4)c(=O)[nH]c3cc2-n2ccnc2)c1. The molecule has 6 heterocycles. The Labute approximate surface area is 247 Å². The molecule has 0 amide bonds. The number of carbonyl (C=O) groups excluding carboxylic acids is 1. The van der Waals surface area contributed by atoms with Crippen molar-refractivity contribution >= 4 is 33.4 Å². The second kappa shape index (κ2) is 10.1. The monoisotopic (exact) mass is 569 g/mol. The van der Waals surface area contributed by atoms with E-state index >= 15 is 0 Å². The number of pyridine rings is 1. The number of piperidine rings is 3. The predicted molar refractivity (Wildman–Crippen MR) is 169 cm³/mol. The minimum atomic E-state index is -0.210. The van der Waals surface area contributed by atoms with Gasteiger partial charge in [-0.3, -0.25) is 9.59 Å². The number of rotatable bonds is 6. The summed E-state index contributed by atoms with van der Waals surface area (Å²) in [6.45, 7) is 4.77. The predicted octanol–water partition coefficient (Wildman–Crippen LogP) is 5.63. The topological polar surface area (TPSA) is 112 Å². The molecule has 3 aliphatic rings. The van der Waals surface area contributed by atoms with Gasteiger partial charge in [0, 0.05) is 41.5 Å². The van der Waals surface area contributed by atoms with Gasteiger partial charge >= 0.3 is 0 Å². The lowest BCUT2D eigenvalue weighted by molar-refractivity contribution is 0.0976. The molecule has 214 valence electrons. The summed E-state index contributed by atoms with van der Waals surface area (Å²) >= 11 is 0. The lowest BCUT2D eigenvalue weighted by Gasteiger charge is -2.45. The maximum Gasteiger partial charge on any atom is 0.261 e. The number of benzene rings is 3. The summed E-state index contributed by atoms with van der Waals surface area (Å²) < 4.78 is 1.93. The van der Waals surface area contributed by atoms with Gasteiger partial charge in [0.05, 0.1) is 34.3 Å². The molecule has 0 aliphatic carbocycles. The summed E-state index contributed by atoms with van der Waals surface area (Å²) in [4.78, 5) is 44.5. The first-order chi connectivity index (χ1) is 21.0. The van der Waals surface area contributed by atoms with Crippen molar-refractivity contribution in [2.75, 3.05) is 25.0 Å². The van der Waals surface area contributed by atoms with Crippen molar-refractivity contribution < 1.29 is 4.79 Å². The zero-order valence-corrected chi connectivity index (χ0v) is 23.8. The molecule has 2 bridgehead atoms. The average molecular weight is 570 g/mol. The molecule has 3 aromatic heterocycles. The fourth-order valence-corrected chi connectivity index (χ4v) is 6.84. The van der Waals surface area contributed by atoms with Gasteiger partial charge in [0.15, 0.2) is 5.78 Å². The highest BCUT2D eigenvalue weighted by molar-refractivity contribution is 6.03. The molecule has 3 saturated heterocycles. The van der Waals surface area contributed by atoms with Crippen LogP contribution in [0, 0.1) is 5.92 Å². The molecule has 9 nitrogen and oxygen atoms in total. The number of para-hydroxylation sites is 2. The molecule has 1 atom stereocenters. The summed E-state index contributed by atoms with van der Waals surface area (Å²) in [6, 6.07) is 19.8. The molecule has 3 N–H and O–H groups in total. The third-order valence-corrected chi connectivity index (χ3v) is 9.11. The van der Waals surface area contributed by atoms with E-state index in [1.807, 2.05) is 65.4 Å². The number of aromatic amines is 2. The molecule has 0 unspecified atom stereocenters. The van der Waals surface area contributed by atoms with Gasteiger partial charge in [0.1, 0.15) is 11.4 Å². The Kier molecular flexibility index (Phi) is 6.01. The van der Waals surface area contributed by atoms with Crippen molar-refractivity contribution in [3.63, 3.8) is 0 Å². The van der Waals surface area contributed by atoms with E-state index in [4.69, 9.17) is 4.98 Å². The third-order valence-electron chi connectivity index (χ3n) is 9.11. The van der Waals surface area contributed by atoms with Crippen LogP contribution in [0.15, 0.2) is 84.2 Å². The molecular weight excluding hydrogens is 538 g/mol. The summed E-state index contributed by atoms with van der Waals surface area (Å²) in [7, 11) is 0. The van der Waals surface area contributed by atoms with E-state index in [2.05, 4.69) is 31.2 Å². The number of hydrogen-bond acceptors (Lipinski definition) is 6. The Balaban J connectivity index is 1.40. The number of nitrogens with zero attached hydrogens (tertiary/aromatic N) is 4. The maximum absolute atomic E-state index is 14.0. The minimum absolute atomic E-state index is 0.00743. The highest BCUT2D eigenvalue weighted by atomic mass is 16.1. The molecule has 0 saturated carbocycles. The number of anilines is 1. The van der Waals surface area contributed by atoms with Crippen LogP contribution in [0.3, 0.4) is 0 Å². The largest absolute Gasteiger partial charge is 0.379 e.